The summed E-state index contributed by atoms with van der Waals surface area (Å²) < 4.78 is 68.0. The van der Waals surface area contributed by atoms with Crippen molar-refractivity contribution in [1.29, 1.82) is 0 Å². The maximum Gasteiger partial charge on any atom is 0.262 e. The third-order valence-electron chi connectivity index (χ3n) is 5.70. The van der Waals surface area contributed by atoms with Crippen LogP contribution in [-0.2, 0) is 16.4 Å². The van der Waals surface area contributed by atoms with Gasteiger partial charge in [-0.2, -0.15) is 0 Å². The van der Waals surface area contributed by atoms with E-state index < -0.39 is 32.4 Å². The van der Waals surface area contributed by atoms with Gasteiger partial charge in [-0.3, -0.25) is 4.72 Å². The Labute approximate surface area is 188 Å². The Bertz CT molecular complexity index is 1470. The Morgan fingerprint density at radius 1 is 0.909 bits per heavy atom. The van der Waals surface area contributed by atoms with Gasteiger partial charge in [0.15, 0.2) is 17.5 Å². The van der Waals surface area contributed by atoms with Crippen LogP contribution in [0.3, 0.4) is 0 Å². The average molecular weight is 469 g/mol. The number of aryl methyl sites for hydroxylation is 1. The molecule has 0 saturated heterocycles. The highest BCUT2D eigenvalue weighted by molar-refractivity contribution is 7.92. The smallest absolute Gasteiger partial charge is 0.262 e. The monoisotopic (exact) mass is 469 g/mol. The van der Waals surface area contributed by atoms with Gasteiger partial charge < -0.3 is 5.32 Å². The zero-order valence-corrected chi connectivity index (χ0v) is 18.0. The quantitative estimate of drug-likeness (QED) is 0.376. The summed E-state index contributed by atoms with van der Waals surface area (Å²) in [5.74, 6) is -4.25. The highest BCUT2D eigenvalue weighted by atomic mass is 32.2. The Morgan fingerprint density at radius 3 is 2.45 bits per heavy atom. The minimum Gasteiger partial charge on any atom is -0.363 e. The minimum absolute atomic E-state index is 0.135. The van der Waals surface area contributed by atoms with Gasteiger partial charge in [0.2, 0.25) is 0 Å². The van der Waals surface area contributed by atoms with E-state index in [9.17, 15) is 21.6 Å². The van der Waals surface area contributed by atoms with Crippen LogP contribution in [-0.4, -0.2) is 13.4 Å². The lowest BCUT2D eigenvalue weighted by atomic mass is 10.1. The number of halogens is 3. The highest BCUT2D eigenvalue weighted by Gasteiger charge is 2.23. The van der Waals surface area contributed by atoms with Crippen LogP contribution in [0.25, 0.3) is 10.9 Å². The maximum absolute atomic E-state index is 13.5. The number of nitrogens with one attached hydrogen (secondary N) is 2. The van der Waals surface area contributed by atoms with E-state index in [1.807, 2.05) is 12.1 Å². The van der Waals surface area contributed by atoms with Crippen molar-refractivity contribution >= 4 is 32.4 Å². The molecule has 0 saturated carbocycles. The summed E-state index contributed by atoms with van der Waals surface area (Å²) in [6.07, 6.45) is 1.93. The van der Waals surface area contributed by atoms with E-state index in [1.165, 1.54) is 17.2 Å². The number of aromatic nitrogens is 1. The average Bonchev–Trinajstić information content (AvgIpc) is 3.20. The summed E-state index contributed by atoms with van der Waals surface area (Å²) in [4.78, 5) is 3.88. The summed E-state index contributed by atoms with van der Waals surface area (Å²) >= 11 is 0. The third kappa shape index (κ3) is 4.00. The van der Waals surface area contributed by atoms with E-state index in [0.717, 1.165) is 12.8 Å². The summed E-state index contributed by atoms with van der Waals surface area (Å²) in [6.45, 7) is 0. The molecule has 0 radical (unpaired) electrons. The van der Waals surface area contributed by atoms with E-state index in [-0.39, 0.29) is 11.7 Å². The van der Waals surface area contributed by atoms with Crippen molar-refractivity contribution in [3.05, 3.63) is 95.3 Å². The summed E-state index contributed by atoms with van der Waals surface area (Å²) in [7, 11) is -4.37. The summed E-state index contributed by atoms with van der Waals surface area (Å²) in [5.41, 5.74) is 3.26. The Balaban J connectivity index is 1.44. The van der Waals surface area contributed by atoms with Gasteiger partial charge >= 0.3 is 0 Å². The van der Waals surface area contributed by atoms with E-state index in [1.54, 1.807) is 24.3 Å². The van der Waals surface area contributed by atoms with Crippen LogP contribution >= 0.6 is 0 Å². The lowest BCUT2D eigenvalue weighted by Gasteiger charge is -2.16. The highest BCUT2D eigenvalue weighted by Crippen LogP contribution is 2.34. The van der Waals surface area contributed by atoms with Crippen LogP contribution in [0.2, 0.25) is 0 Å². The van der Waals surface area contributed by atoms with Crippen molar-refractivity contribution in [2.24, 2.45) is 0 Å². The van der Waals surface area contributed by atoms with Gasteiger partial charge in [-0.1, -0.05) is 30.3 Å². The second kappa shape index (κ2) is 8.08. The molecule has 0 bridgehead atoms. The second-order valence-corrected chi connectivity index (χ2v) is 9.49. The number of rotatable bonds is 5. The molecule has 1 aliphatic carbocycles. The zero-order chi connectivity index (χ0) is 23.2. The molecular weight excluding hydrogens is 451 g/mol. The van der Waals surface area contributed by atoms with Gasteiger partial charge in [0.25, 0.3) is 10.0 Å². The normalized spacial score (nSPS) is 15.4. The summed E-state index contributed by atoms with van der Waals surface area (Å²) in [6, 6.07) is 17.6. The molecule has 1 heterocycles. The predicted octanol–water partition coefficient (Wildman–Crippen LogP) is 5.55. The fourth-order valence-corrected chi connectivity index (χ4v) is 5.20. The Hall–Kier alpha value is -3.59. The van der Waals surface area contributed by atoms with Crippen LogP contribution in [0, 0.1) is 17.5 Å². The first-order valence-electron chi connectivity index (χ1n) is 10.2. The molecule has 0 aliphatic heterocycles. The number of hydrogen-bond acceptors (Lipinski definition) is 4. The van der Waals surface area contributed by atoms with Crippen LogP contribution in [0.1, 0.15) is 23.6 Å². The first-order chi connectivity index (χ1) is 15.8. The first-order valence-corrected chi connectivity index (χ1v) is 11.7. The van der Waals surface area contributed by atoms with Gasteiger partial charge in [-0.15, -0.1) is 0 Å². The van der Waals surface area contributed by atoms with Gasteiger partial charge in [0.1, 0.15) is 5.82 Å². The molecule has 5 rings (SSSR count). The molecule has 5 nitrogen and oxygen atoms in total. The molecular formula is C24H18F3N3O2S. The molecule has 33 heavy (non-hydrogen) atoms. The molecule has 2 N–H and O–H groups in total. The fourth-order valence-electron chi connectivity index (χ4n) is 4.10. The molecule has 1 atom stereocenters. The van der Waals surface area contributed by atoms with Crippen molar-refractivity contribution < 1.29 is 21.6 Å². The van der Waals surface area contributed by atoms with Crippen molar-refractivity contribution in [2.75, 3.05) is 10.0 Å². The van der Waals surface area contributed by atoms with E-state index in [2.05, 4.69) is 27.2 Å². The van der Waals surface area contributed by atoms with E-state index in [4.69, 9.17) is 0 Å². The molecule has 0 amide bonds. The largest absolute Gasteiger partial charge is 0.363 e. The number of benzene rings is 3. The molecule has 1 aliphatic rings. The van der Waals surface area contributed by atoms with Crippen LogP contribution < -0.4 is 10.0 Å². The Kier molecular flexibility index (Phi) is 5.20. The van der Waals surface area contributed by atoms with E-state index >= 15 is 0 Å². The first kappa shape index (κ1) is 21.3. The second-order valence-electron chi connectivity index (χ2n) is 7.81. The van der Waals surface area contributed by atoms with Gasteiger partial charge in [-0.05, 0) is 60.4 Å². The predicted molar refractivity (Wildman–Crippen MR) is 120 cm³/mol. The van der Waals surface area contributed by atoms with Crippen LogP contribution in [0.5, 0.6) is 0 Å². The molecule has 9 heteroatoms. The van der Waals surface area contributed by atoms with Crippen molar-refractivity contribution in [3.63, 3.8) is 0 Å². The lowest BCUT2D eigenvalue weighted by Crippen LogP contribution is -2.14. The third-order valence-corrected chi connectivity index (χ3v) is 7.04. The number of nitrogens with zero attached hydrogens (tertiary/aromatic N) is 1. The molecule has 1 aromatic heterocycles. The molecule has 168 valence electrons. The zero-order valence-electron chi connectivity index (χ0n) is 17.1. The van der Waals surface area contributed by atoms with Crippen molar-refractivity contribution in [3.8, 4) is 0 Å². The van der Waals surface area contributed by atoms with Gasteiger partial charge in [0, 0.05) is 5.39 Å². The van der Waals surface area contributed by atoms with Crippen molar-refractivity contribution in [2.45, 2.75) is 23.8 Å². The maximum atomic E-state index is 13.5. The molecule has 3 aromatic carbocycles. The topological polar surface area (TPSA) is 71.1 Å². The molecule has 4 aromatic rings. The number of pyridine rings is 1. The number of anilines is 2. The number of fused-ring (bicyclic) bond motifs is 2. The number of hydrogen-bond donors (Lipinski definition) is 2. The minimum atomic E-state index is -4.37. The molecule has 0 spiro atoms. The van der Waals surface area contributed by atoms with Crippen LogP contribution in [0.4, 0.5) is 24.7 Å². The lowest BCUT2D eigenvalue weighted by molar-refractivity contribution is 0.442. The van der Waals surface area contributed by atoms with Gasteiger partial charge in [0.05, 0.1) is 22.1 Å². The van der Waals surface area contributed by atoms with Gasteiger partial charge in [-0.25, -0.2) is 26.6 Å². The fraction of sp³-hybridized carbons (Fsp3) is 0.125. The Morgan fingerprint density at radius 2 is 1.67 bits per heavy atom. The van der Waals surface area contributed by atoms with E-state index in [0.29, 0.717) is 28.9 Å². The molecule has 1 unspecified atom stereocenters. The van der Waals surface area contributed by atoms with Crippen LogP contribution in [0.15, 0.2) is 71.6 Å². The summed E-state index contributed by atoms with van der Waals surface area (Å²) in [5, 5.41) is 3.93. The SMILES string of the molecule is O=S(=O)(Nc1cccc2nc(NC3CCc4ccccc43)ccc12)c1cc(F)c(F)c(F)c1. The molecule has 0 fully saturated rings. The standard InChI is InChI=1S/C24H18F3N3O2S/c25-18-12-15(13-19(26)24(18)27)33(31,32)30-22-7-3-6-20-17(22)9-11-23(28-20)29-21-10-8-14-4-1-2-5-16(14)21/h1-7,9,11-13,21,30H,8,10H2,(H,28,29). The number of sulfonamides is 1. The van der Waals surface area contributed by atoms with Crippen molar-refractivity contribution in [1.82, 2.24) is 4.98 Å².